The molecule has 0 aliphatic carbocycles. The summed E-state index contributed by atoms with van der Waals surface area (Å²) in [5.41, 5.74) is 0.786. The molecule has 20 heavy (non-hydrogen) atoms. The van der Waals surface area contributed by atoms with Gasteiger partial charge in [0.25, 0.3) is 0 Å². The minimum absolute atomic E-state index is 0.261. The molecule has 0 saturated heterocycles. The monoisotopic (exact) mass is 278 g/mol. The first-order valence-corrected chi connectivity index (χ1v) is 6.15. The third-order valence-corrected chi connectivity index (χ3v) is 3.10. The van der Waals surface area contributed by atoms with Gasteiger partial charge in [0.2, 0.25) is 0 Å². The maximum Gasteiger partial charge on any atom is 0.407 e. The van der Waals surface area contributed by atoms with Crippen molar-refractivity contribution in [3.05, 3.63) is 42.1 Å². The normalized spacial score (nSPS) is 12.2. The van der Waals surface area contributed by atoms with Crippen molar-refractivity contribution >= 4 is 6.09 Å². The minimum Gasteiger partial charge on any atom is -0.465 e. The van der Waals surface area contributed by atoms with Gasteiger partial charge in [0, 0.05) is 13.2 Å². The van der Waals surface area contributed by atoms with Crippen LogP contribution in [0.2, 0.25) is 0 Å². The third kappa shape index (κ3) is 2.76. The molecule has 1 N–H and O–H groups in total. The second-order valence-corrected chi connectivity index (χ2v) is 4.37. The Morgan fingerprint density at radius 1 is 1.50 bits per heavy atom. The fraction of sp³-hybridized carbons (Fsp3) is 0.308. The van der Waals surface area contributed by atoms with Crippen LogP contribution in [0, 0.1) is 5.82 Å². The zero-order chi connectivity index (χ0) is 14.7. The molecule has 0 fully saturated rings. The van der Waals surface area contributed by atoms with E-state index in [1.54, 1.807) is 18.3 Å². The van der Waals surface area contributed by atoms with Crippen molar-refractivity contribution in [2.75, 3.05) is 7.05 Å². The molecule has 0 bridgehead atoms. The van der Waals surface area contributed by atoms with E-state index in [4.69, 9.17) is 5.11 Å². The molecule has 6 nitrogen and oxygen atoms in total. The number of pyridine rings is 1. The second-order valence-electron chi connectivity index (χ2n) is 4.37. The Morgan fingerprint density at radius 2 is 2.25 bits per heavy atom. The summed E-state index contributed by atoms with van der Waals surface area (Å²) in [5.74, 6) is 0.0402. The van der Waals surface area contributed by atoms with E-state index < -0.39 is 11.9 Å². The van der Waals surface area contributed by atoms with Crippen molar-refractivity contribution in [1.82, 2.24) is 19.7 Å². The molecule has 2 rings (SSSR count). The number of rotatable bonds is 4. The van der Waals surface area contributed by atoms with E-state index in [1.165, 1.54) is 22.8 Å². The maximum atomic E-state index is 12.9. The summed E-state index contributed by atoms with van der Waals surface area (Å²) in [5, 5.41) is 12.8. The lowest BCUT2D eigenvalue weighted by Crippen LogP contribution is -2.29. The number of aromatic nitrogens is 3. The summed E-state index contributed by atoms with van der Waals surface area (Å²) in [6.07, 6.45) is 3.56. The van der Waals surface area contributed by atoms with Gasteiger partial charge < -0.3 is 10.0 Å². The van der Waals surface area contributed by atoms with Crippen LogP contribution in [-0.4, -0.2) is 37.9 Å². The highest BCUT2D eigenvalue weighted by atomic mass is 19.1. The van der Waals surface area contributed by atoms with Crippen LogP contribution in [0.15, 0.2) is 30.7 Å². The zero-order valence-electron chi connectivity index (χ0n) is 11.2. The molecule has 0 aromatic carbocycles. The largest absolute Gasteiger partial charge is 0.465 e. The smallest absolute Gasteiger partial charge is 0.407 e. The van der Waals surface area contributed by atoms with E-state index in [0.29, 0.717) is 12.2 Å². The summed E-state index contributed by atoms with van der Waals surface area (Å²) in [7, 11) is 1.52. The first-order valence-electron chi connectivity index (χ1n) is 6.15. The molecule has 2 heterocycles. The van der Waals surface area contributed by atoms with Crippen LogP contribution in [0.5, 0.6) is 0 Å². The molecular weight excluding hydrogens is 263 g/mol. The van der Waals surface area contributed by atoms with Gasteiger partial charge in [-0.1, -0.05) is 13.0 Å². The predicted molar refractivity (Wildman–Crippen MR) is 70.1 cm³/mol. The molecule has 0 aliphatic rings. The predicted octanol–water partition coefficient (Wildman–Crippen LogP) is 2.47. The molecule has 1 amide bonds. The van der Waals surface area contributed by atoms with Gasteiger partial charge in [-0.25, -0.2) is 18.9 Å². The van der Waals surface area contributed by atoms with E-state index >= 15 is 0 Å². The van der Waals surface area contributed by atoms with Crippen LogP contribution in [0.1, 0.15) is 24.9 Å². The van der Waals surface area contributed by atoms with Gasteiger partial charge in [0.05, 0.1) is 18.4 Å². The molecule has 2 aromatic heterocycles. The summed E-state index contributed by atoms with van der Waals surface area (Å²) in [6.45, 7) is 1.90. The number of carbonyl (C=O) groups is 1. The number of halogens is 1. The van der Waals surface area contributed by atoms with Crippen LogP contribution in [-0.2, 0) is 0 Å². The zero-order valence-corrected chi connectivity index (χ0v) is 11.2. The van der Waals surface area contributed by atoms with E-state index in [2.05, 4.69) is 10.1 Å². The molecule has 0 spiro atoms. The van der Waals surface area contributed by atoms with Crippen LogP contribution < -0.4 is 0 Å². The first kappa shape index (κ1) is 14.0. The van der Waals surface area contributed by atoms with Crippen molar-refractivity contribution in [2.45, 2.75) is 19.4 Å². The van der Waals surface area contributed by atoms with Crippen LogP contribution in [0.4, 0.5) is 9.18 Å². The Morgan fingerprint density at radius 3 is 2.70 bits per heavy atom. The molecule has 0 aliphatic heterocycles. The number of hydrogen-bond acceptors (Lipinski definition) is 3. The quantitative estimate of drug-likeness (QED) is 0.932. The molecule has 1 atom stereocenters. The highest BCUT2D eigenvalue weighted by Crippen LogP contribution is 2.22. The lowest BCUT2D eigenvalue weighted by Gasteiger charge is -2.24. The Kier molecular flexibility index (Phi) is 3.97. The van der Waals surface area contributed by atoms with Gasteiger partial charge in [0.15, 0.2) is 11.6 Å². The topological polar surface area (TPSA) is 71.2 Å². The molecule has 0 saturated carbocycles. The molecule has 0 unspecified atom stereocenters. The van der Waals surface area contributed by atoms with Crippen LogP contribution in [0.3, 0.4) is 0 Å². The standard InChI is InChI=1S/C13H15FN4O2/c1-3-11(17(2)13(19)20)9-4-5-12(15-6-9)18-8-10(14)7-16-18/h4-8,11H,3H2,1-2H3,(H,19,20)/t11-/m0/s1. The highest BCUT2D eigenvalue weighted by Gasteiger charge is 2.19. The molecule has 106 valence electrons. The molecule has 7 heteroatoms. The van der Waals surface area contributed by atoms with E-state index in [-0.39, 0.29) is 6.04 Å². The Labute approximate surface area is 115 Å². The van der Waals surface area contributed by atoms with E-state index in [0.717, 1.165) is 11.8 Å². The van der Waals surface area contributed by atoms with Crippen molar-refractivity contribution in [3.8, 4) is 5.82 Å². The van der Waals surface area contributed by atoms with Crippen LogP contribution in [0.25, 0.3) is 5.82 Å². The maximum absolute atomic E-state index is 12.9. The number of hydrogen-bond donors (Lipinski definition) is 1. The summed E-state index contributed by atoms with van der Waals surface area (Å²) in [6, 6.07) is 3.19. The fourth-order valence-electron chi connectivity index (χ4n) is 2.02. The van der Waals surface area contributed by atoms with E-state index in [9.17, 15) is 9.18 Å². The Balaban J connectivity index is 2.25. The van der Waals surface area contributed by atoms with Gasteiger partial charge in [-0.3, -0.25) is 0 Å². The van der Waals surface area contributed by atoms with Crippen molar-refractivity contribution in [2.24, 2.45) is 0 Å². The SMILES string of the molecule is CC[C@@H](c1ccc(-n2cc(F)cn2)nc1)N(C)C(=O)O. The Hall–Kier alpha value is -2.44. The molecular formula is C13H15FN4O2. The third-order valence-electron chi connectivity index (χ3n) is 3.10. The summed E-state index contributed by atoms with van der Waals surface area (Å²) >= 11 is 0. The van der Waals surface area contributed by atoms with Crippen molar-refractivity contribution in [3.63, 3.8) is 0 Å². The van der Waals surface area contributed by atoms with Crippen molar-refractivity contribution < 1.29 is 14.3 Å². The lowest BCUT2D eigenvalue weighted by molar-refractivity contribution is 0.137. The Bertz CT molecular complexity index is 597. The first-order chi connectivity index (χ1) is 9.52. The van der Waals surface area contributed by atoms with Gasteiger partial charge in [-0.2, -0.15) is 5.10 Å². The summed E-state index contributed by atoms with van der Waals surface area (Å²) in [4.78, 5) is 16.4. The van der Waals surface area contributed by atoms with Crippen LogP contribution >= 0.6 is 0 Å². The number of nitrogens with zero attached hydrogens (tertiary/aromatic N) is 4. The van der Waals surface area contributed by atoms with Gasteiger partial charge >= 0.3 is 6.09 Å². The molecule has 2 aromatic rings. The number of carboxylic acid groups (broad SMARTS) is 1. The average molecular weight is 278 g/mol. The van der Waals surface area contributed by atoms with Crippen molar-refractivity contribution in [1.29, 1.82) is 0 Å². The highest BCUT2D eigenvalue weighted by molar-refractivity contribution is 5.65. The second kappa shape index (κ2) is 5.68. The summed E-state index contributed by atoms with van der Waals surface area (Å²) < 4.78 is 14.2. The average Bonchev–Trinajstić information content (AvgIpc) is 2.87. The molecule has 0 radical (unpaired) electrons. The fourth-order valence-corrected chi connectivity index (χ4v) is 2.02. The van der Waals surface area contributed by atoms with Gasteiger partial charge in [0.1, 0.15) is 0 Å². The van der Waals surface area contributed by atoms with Gasteiger partial charge in [-0.05, 0) is 18.1 Å². The van der Waals surface area contributed by atoms with E-state index in [1.807, 2.05) is 6.92 Å². The number of amides is 1. The lowest BCUT2D eigenvalue weighted by atomic mass is 10.1. The van der Waals surface area contributed by atoms with Gasteiger partial charge in [-0.15, -0.1) is 0 Å². The minimum atomic E-state index is -0.991.